The molecule has 1 unspecified atom stereocenters. The molecule has 1 aromatic rings. The Morgan fingerprint density at radius 2 is 2.25 bits per heavy atom. The molecular weight excluding hydrogens is 270 g/mol. The predicted molar refractivity (Wildman–Crippen MR) is 85.8 cm³/mol. The maximum atomic E-state index is 5.47. The number of hydrogen-bond acceptors (Lipinski definition) is 5. The molecule has 4 nitrogen and oxygen atoms in total. The van der Waals surface area contributed by atoms with Gasteiger partial charge in [-0.15, -0.1) is 0 Å². The fourth-order valence-electron chi connectivity index (χ4n) is 2.69. The van der Waals surface area contributed by atoms with E-state index in [1.165, 1.54) is 28.5 Å². The van der Waals surface area contributed by atoms with Gasteiger partial charge in [0.2, 0.25) is 0 Å². The smallest absolute Gasteiger partial charge is 0.185 e. The van der Waals surface area contributed by atoms with E-state index in [4.69, 9.17) is 9.72 Å². The zero-order valence-corrected chi connectivity index (χ0v) is 13.8. The van der Waals surface area contributed by atoms with Gasteiger partial charge in [-0.25, -0.2) is 4.98 Å². The highest BCUT2D eigenvalue weighted by Gasteiger charge is 2.25. The SMILES string of the molecule is CCNC1CCCc2nc(N(CC)CCOCC)sc21. The van der Waals surface area contributed by atoms with E-state index in [9.17, 15) is 0 Å². The van der Waals surface area contributed by atoms with Crippen LogP contribution in [0.3, 0.4) is 0 Å². The highest BCUT2D eigenvalue weighted by Crippen LogP contribution is 2.37. The van der Waals surface area contributed by atoms with Crippen molar-refractivity contribution in [2.24, 2.45) is 0 Å². The molecule has 1 aromatic heterocycles. The highest BCUT2D eigenvalue weighted by atomic mass is 32.1. The highest BCUT2D eigenvalue weighted by molar-refractivity contribution is 7.15. The van der Waals surface area contributed by atoms with Crippen LogP contribution in [-0.2, 0) is 11.2 Å². The minimum Gasteiger partial charge on any atom is -0.380 e. The van der Waals surface area contributed by atoms with Gasteiger partial charge in [-0.2, -0.15) is 0 Å². The first-order chi connectivity index (χ1) is 9.80. The van der Waals surface area contributed by atoms with Gasteiger partial charge in [0.05, 0.1) is 12.3 Å². The molecule has 1 heterocycles. The van der Waals surface area contributed by atoms with Gasteiger partial charge < -0.3 is 15.0 Å². The molecule has 1 aliphatic rings. The van der Waals surface area contributed by atoms with Crippen LogP contribution in [0.1, 0.15) is 50.2 Å². The van der Waals surface area contributed by atoms with Crippen LogP contribution in [0, 0.1) is 0 Å². The molecule has 0 spiro atoms. The molecule has 0 amide bonds. The number of fused-ring (bicyclic) bond motifs is 1. The van der Waals surface area contributed by atoms with Crippen molar-refractivity contribution in [2.75, 3.05) is 37.7 Å². The Labute approximate surface area is 126 Å². The van der Waals surface area contributed by atoms with Gasteiger partial charge in [0.1, 0.15) is 0 Å². The standard InChI is InChI=1S/C15H27N3OS/c1-4-16-12-8-7-9-13-14(12)20-15(17-13)18(5-2)10-11-19-6-3/h12,16H,4-11H2,1-3H3. The summed E-state index contributed by atoms with van der Waals surface area (Å²) in [6.07, 6.45) is 3.63. The number of aryl methyl sites for hydroxylation is 1. The van der Waals surface area contributed by atoms with Crippen LogP contribution in [0.2, 0.25) is 0 Å². The second kappa shape index (κ2) is 7.96. The lowest BCUT2D eigenvalue weighted by Crippen LogP contribution is -2.27. The number of ether oxygens (including phenoxy) is 1. The molecule has 20 heavy (non-hydrogen) atoms. The van der Waals surface area contributed by atoms with E-state index in [2.05, 4.69) is 24.1 Å². The number of anilines is 1. The molecular formula is C15H27N3OS. The number of rotatable bonds is 8. The number of nitrogens with zero attached hydrogens (tertiary/aromatic N) is 2. The summed E-state index contributed by atoms with van der Waals surface area (Å²) in [7, 11) is 0. The molecule has 0 fully saturated rings. The largest absolute Gasteiger partial charge is 0.380 e. The summed E-state index contributed by atoms with van der Waals surface area (Å²) in [5.41, 5.74) is 1.32. The van der Waals surface area contributed by atoms with Gasteiger partial charge in [0.25, 0.3) is 0 Å². The molecule has 0 saturated heterocycles. The van der Waals surface area contributed by atoms with Crippen LogP contribution < -0.4 is 10.2 Å². The maximum absolute atomic E-state index is 5.47. The number of likely N-dealkylation sites (N-methyl/N-ethyl adjacent to an activating group) is 1. The van der Waals surface area contributed by atoms with Crippen molar-refractivity contribution in [1.82, 2.24) is 10.3 Å². The Hall–Kier alpha value is -0.650. The van der Waals surface area contributed by atoms with Gasteiger partial charge in [-0.3, -0.25) is 0 Å². The summed E-state index contributed by atoms with van der Waals surface area (Å²) in [6.45, 7) is 10.9. The zero-order valence-electron chi connectivity index (χ0n) is 12.9. The Morgan fingerprint density at radius 1 is 1.40 bits per heavy atom. The number of aromatic nitrogens is 1. The quantitative estimate of drug-likeness (QED) is 0.749. The number of nitrogens with one attached hydrogen (secondary N) is 1. The fraction of sp³-hybridized carbons (Fsp3) is 0.800. The molecule has 0 aromatic carbocycles. The summed E-state index contributed by atoms with van der Waals surface area (Å²) in [6, 6.07) is 0.514. The van der Waals surface area contributed by atoms with Gasteiger partial charge in [-0.1, -0.05) is 18.3 Å². The molecule has 5 heteroatoms. The van der Waals surface area contributed by atoms with Crippen molar-refractivity contribution in [2.45, 2.75) is 46.1 Å². The van der Waals surface area contributed by atoms with Crippen molar-refractivity contribution in [3.05, 3.63) is 10.6 Å². The fourth-order valence-corrected chi connectivity index (χ4v) is 4.00. The van der Waals surface area contributed by atoms with Gasteiger partial charge in [-0.05, 0) is 39.7 Å². The molecule has 1 atom stereocenters. The third kappa shape index (κ3) is 3.71. The Balaban J connectivity index is 2.08. The molecule has 0 aliphatic heterocycles. The molecule has 0 radical (unpaired) electrons. The van der Waals surface area contributed by atoms with E-state index >= 15 is 0 Å². The van der Waals surface area contributed by atoms with E-state index in [1.54, 1.807) is 0 Å². The Kier molecular flexibility index (Phi) is 6.26. The summed E-state index contributed by atoms with van der Waals surface area (Å²) in [4.78, 5) is 8.68. The van der Waals surface area contributed by atoms with E-state index in [0.29, 0.717) is 6.04 Å². The summed E-state index contributed by atoms with van der Waals surface area (Å²) >= 11 is 1.87. The number of thiazole rings is 1. The molecule has 2 rings (SSSR count). The summed E-state index contributed by atoms with van der Waals surface area (Å²) in [5.74, 6) is 0. The Morgan fingerprint density at radius 3 is 2.95 bits per heavy atom. The van der Waals surface area contributed by atoms with E-state index < -0.39 is 0 Å². The van der Waals surface area contributed by atoms with Crippen molar-refractivity contribution < 1.29 is 4.74 Å². The first-order valence-electron chi connectivity index (χ1n) is 7.85. The molecule has 114 valence electrons. The summed E-state index contributed by atoms with van der Waals surface area (Å²) in [5, 5.41) is 4.76. The average Bonchev–Trinajstić information content (AvgIpc) is 2.89. The minimum atomic E-state index is 0.514. The van der Waals surface area contributed by atoms with Gasteiger partial charge in [0, 0.05) is 30.6 Å². The van der Waals surface area contributed by atoms with Crippen molar-refractivity contribution >= 4 is 16.5 Å². The van der Waals surface area contributed by atoms with Crippen LogP contribution in [0.5, 0.6) is 0 Å². The normalized spacial score (nSPS) is 18.1. The molecule has 1 aliphatic carbocycles. The lowest BCUT2D eigenvalue weighted by Gasteiger charge is -2.21. The van der Waals surface area contributed by atoms with E-state index in [0.717, 1.165) is 39.3 Å². The van der Waals surface area contributed by atoms with Crippen LogP contribution in [0.15, 0.2) is 0 Å². The third-order valence-electron chi connectivity index (χ3n) is 3.75. The van der Waals surface area contributed by atoms with Crippen LogP contribution in [-0.4, -0.2) is 37.8 Å². The van der Waals surface area contributed by atoms with Crippen LogP contribution in [0.4, 0.5) is 5.13 Å². The van der Waals surface area contributed by atoms with Gasteiger partial charge in [0.15, 0.2) is 5.13 Å². The van der Waals surface area contributed by atoms with Crippen molar-refractivity contribution in [3.63, 3.8) is 0 Å². The lowest BCUT2D eigenvalue weighted by molar-refractivity contribution is 0.154. The molecule has 0 saturated carbocycles. The predicted octanol–water partition coefficient (Wildman–Crippen LogP) is 2.99. The lowest BCUT2D eigenvalue weighted by atomic mass is 9.98. The van der Waals surface area contributed by atoms with Crippen LogP contribution >= 0.6 is 11.3 Å². The number of hydrogen-bond donors (Lipinski definition) is 1. The first-order valence-corrected chi connectivity index (χ1v) is 8.67. The molecule has 1 N–H and O–H groups in total. The monoisotopic (exact) mass is 297 g/mol. The van der Waals surface area contributed by atoms with Crippen molar-refractivity contribution in [1.29, 1.82) is 0 Å². The second-order valence-electron chi connectivity index (χ2n) is 5.09. The third-order valence-corrected chi connectivity index (χ3v) is 5.02. The zero-order chi connectivity index (χ0) is 14.4. The first kappa shape index (κ1) is 15.7. The maximum Gasteiger partial charge on any atom is 0.185 e. The van der Waals surface area contributed by atoms with Gasteiger partial charge >= 0.3 is 0 Å². The Bertz CT molecular complexity index is 408. The second-order valence-corrected chi connectivity index (χ2v) is 6.10. The summed E-state index contributed by atoms with van der Waals surface area (Å²) < 4.78 is 5.47. The molecule has 0 bridgehead atoms. The van der Waals surface area contributed by atoms with Crippen molar-refractivity contribution in [3.8, 4) is 0 Å². The average molecular weight is 297 g/mol. The van der Waals surface area contributed by atoms with E-state index in [1.807, 2.05) is 18.3 Å². The van der Waals surface area contributed by atoms with E-state index in [-0.39, 0.29) is 0 Å². The topological polar surface area (TPSA) is 37.4 Å². The van der Waals surface area contributed by atoms with Crippen LogP contribution in [0.25, 0.3) is 0 Å². The minimum absolute atomic E-state index is 0.514.